The van der Waals surface area contributed by atoms with Gasteiger partial charge in [-0.15, -0.1) is 22.7 Å². The van der Waals surface area contributed by atoms with Crippen LogP contribution in [-0.4, -0.2) is 17.0 Å². The molecule has 2 aromatic heterocycles. The van der Waals surface area contributed by atoms with Crippen molar-refractivity contribution in [1.29, 1.82) is 0 Å². The number of carbonyl (C=O) groups is 2. The maximum atomic E-state index is 12.3. The molecule has 1 aromatic carbocycles. The predicted octanol–water partition coefficient (Wildman–Crippen LogP) is 4.57. The van der Waals surface area contributed by atoms with Gasteiger partial charge in [-0.3, -0.25) is 4.79 Å². The number of benzene rings is 1. The van der Waals surface area contributed by atoms with Crippen LogP contribution in [0.5, 0.6) is 0 Å². The van der Waals surface area contributed by atoms with E-state index in [0.717, 1.165) is 9.40 Å². The summed E-state index contributed by atoms with van der Waals surface area (Å²) in [7, 11) is 0. The Labute approximate surface area is 132 Å². The number of carboxylic acids is 1. The smallest absolute Gasteiger partial charge is 0.337 e. The molecule has 0 spiro atoms. The fourth-order valence-corrected chi connectivity index (χ4v) is 4.11. The largest absolute Gasteiger partial charge is 0.478 e. The van der Waals surface area contributed by atoms with E-state index >= 15 is 0 Å². The summed E-state index contributed by atoms with van der Waals surface area (Å²) in [5.41, 5.74) is 0.0858. The summed E-state index contributed by atoms with van der Waals surface area (Å²) < 4.78 is 2.06. The number of aromatic carboxylic acids is 1. The Balaban J connectivity index is 1.94. The lowest BCUT2D eigenvalue weighted by Gasteiger charge is -2.09. The van der Waals surface area contributed by atoms with Crippen molar-refractivity contribution < 1.29 is 14.7 Å². The normalized spacial score (nSPS) is 10.7. The summed E-state index contributed by atoms with van der Waals surface area (Å²) in [5, 5.41) is 13.9. The maximum Gasteiger partial charge on any atom is 0.337 e. The van der Waals surface area contributed by atoms with E-state index in [2.05, 4.69) is 5.32 Å². The Kier molecular flexibility index (Phi) is 3.67. The van der Waals surface area contributed by atoms with Crippen molar-refractivity contribution in [3.05, 3.63) is 51.2 Å². The van der Waals surface area contributed by atoms with Gasteiger partial charge in [0.05, 0.1) is 21.2 Å². The number of carboxylic acid groups (broad SMARTS) is 1. The first-order valence-electron chi connectivity index (χ1n) is 5.86. The number of hydrogen-bond donors (Lipinski definition) is 2. The van der Waals surface area contributed by atoms with Crippen molar-refractivity contribution in [2.45, 2.75) is 0 Å². The van der Waals surface area contributed by atoms with E-state index in [-0.39, 0.29) is 22.2 Å². The van der Waals surface area contributed by atoms with Gasteiger partial charge in [0.15, 0.2) is 0 Å². The molecule has 0 bridgehead atoms. The summed E-state index contributed by atoms with van der Waals surface area (Å²) in [6, 6.07) is 8.20. The number of anilines is 1. The molecule has 2 heterocycles. The fourth-order valence-electron chi connectivity index (χ4n) is 1.88. The zero-order valence-electron chi connectivity index (χ0n) is 10.4. The van der Waals surface area contributed by atoms with Gasteiger partial charge in [0.2, 0.25) is 0 Å². The molecule has 0 aliphatic rings. The number of carbonyl (C=O) groups excluding carboxylic acids is 1. The molecular weight excluding hydrogens is 330 g/mol. The lowest BCUT2D eigenvalue weighted by Crippen LogP contribution is -2.14. The third-order valence-corrected chi connectivity index (χ3v) is 5.25. The van der Waals surface area contributed by atoms with Gasteiger partial charge in [0.1, 0.15) is 0 Å². The molecule has 3 rings (SSSR count). The van der Waals surface area contributed by atoms with Crippen molar-refractivity contribution in [2.75, 3.05) is 5.32 Å². The van der Waals surface area contributed by atoms with E-state index in [1.807, 2.05) is 11.4 Å². The molecule has 7 heteroatoms. The molecule has 0 unspecified atom stereocenters. The maximum absolute atomic E-state index is 12.3. The predicted molar refractivity (Wildman–Crippen MR) is 86.1 cm³/mol. The molecule has 4 nitrogen and oxygen atoms in total. The monoisotopic (exact) mass is 337 g/mol. The van der Waals surface area contributed by atoms with Crippen LogP contribution in [0.4, 0.5) is 5.69 Å². The van der Waals surface area contributed by atoms with E-state index in [1.54, 1.807) is 17.4 Å². The number of hydrogen-bond acceptors (Lipinski definition) is 4. The number of halogens is 1. The van der Waals surface area contributed by atoms with Gasteiger partial charge in [-0.25, -0.2) is 4.79 Å². The molecule has 106 valence electrons. The summed E-state index contributed by atoms with van der Waals surface area (Å²) in [5.74, 6) is -1.50. The van der Waals surface area contributed by atoms with Crippen molar-refractivity contribution in [3.63, 3.8) is 0 Å². The molecule has 3 aromatic rings. The fraction of sp³-hybridized carbons (Fsp3) is 0. The van der Waals surface area contributed by atoms with Gasteiger partial charge in [-0.05, 0) is 29.6 Å². The first-order valence-corrected chi connectivity index (χ1v) is 7.94. The molecule has 0 aliphatic heterocycles. The third-order valence-electron chi connectivity index (χ3n) is 2.85. The highest BCUT2D eigenvalue weighted by Crippen LogP contribution is 2.32. The van der Waals surface area contributed by atoms with Crippen LogP contribution in [0.1, 0.15) is 20.0 Å². The molecule has 21 heavy (non-hydrogen) atoms. The molecule has 0 saturated carbocycles. The molecule has 2 N–H and O–H groups in total. The number of nitrogens with one attached hydrogen (secondary N) is 1. The van der Waals surface area contributed by atoms with Gasteiger partial charge in [0, 0.05) is 9.40 Å². The first-order chi connectivity index (χ1) is 10.1. The van der Waals surface area contributed by atoms with Crippen molar-refractivity contribution >= 4 is 61.2 Å². The van der Waals surface area contributed by atoms with E-state index in [9.17, 15) is 9.59 Å². The highest BCUT2D eigenvalue weighted by Gasteiger charge is 2.18. The Bertz CT molecular complexity index is 824. The number of fused-ring (bicyclic) bond motifs is 1. The molecule has 1 amide bonds. The lowest BCUT2D eigenvalue weighted by atomic mass is 10.1. The van der Waals surface area contributed by atoms with Crippen LogP contribution < -0.4 is 5.32 Å². The minimum absolute atomic E-state index is 0.0331. The molecule has 0 atom stereocenters. The van der Waals surface area contributed by atoms with Gasteiger partial charge < -0.3 is 10.4 Å². The topological polar surface area (TPSA) is 66.4 Å². The van der Waals surface area contributed by atoms with Crippen molar-refractivity contribution in [2.24, 2.45) is 0 Å². The average Bonchev–Trinajstić information content (AvgIpc) is 3.01. The zero-order chi connectivity index (χ0) is 15.0. The summed E-state index contributed by atoms with van der Waals surface area (Å²) in [6.45, 7) is 0. The Morgan fingerprint density at radius 1 is 1.19 bits per heavy atom. The Hall–Kier alpha value is -1.89. The van der Waals surface area contributed by atoms with Gasteiger partial charge in [-0.1, -0.05) is 17.7 Å². The van der Waals surface area contributed by atoms with Crippen LogP contribution >= 0.6 is 34.3 Å². The quantitative estimate of drug-likeness (QED) is 0.735. The second kappa shape index (κ2) is 5.48. The number of rotatable bonds is 3. The van der Waals surface area contributed by atoms with Crippen LogP contribution in [-0.2, 0) is 0 Å². The Morgan fingerprint density at radius 3 is 2.71 bits per heavy atom. The molecule has 0 saturated heterocycles. The van der Waals surface area contributed by atoms with Crippen molar-refractivity contribution in [3.8, 4) is 0 Å². The van der Waals surface area contributed by atoms with Gasteiger partial charge >= 0.3 is 5.97 Å². The SMILES string of the molecule is O=C(Nc1c(Cl)cccc1C(=O)O)c1cc2sccc2s1. The van der Waals surface area contributed by atoms with Crippen LogP contribution in [0.25, 0.3) is 9.40 Å². The first kappa shape index (κ1) is 14.1. The number of thiophene rings is 2. The zero-order valence-corrected chi connectivity index (χ0v) is 12.8. The second-order valence-corrected chi connectivity index (χ2v) is 6.62. The van der Waals surface area contributed by atoms with Crippen LogP contribution in [0.3, 0.4) is 0 Å². The second-order valence-electron chi connectivity index (χ2n) is 4.18. The lowest BCUT2D eigenvalue weighted by molar-refractivity contribution is 0.0698. The van der Waals surface area contributed by atoms with Gasteiger partial charge in [0.25, 0.3) is 5.91 Å². The minimum Gasteiger partial charge on any atom is -0.478 e. The van der Waals surface area contributed by atoms with Crippen LogP contribution in [0, 0.1) is 0 Å². The summed E-state index contributed by atoms with van der Waals surface area (Å²) >= 11 is 8.90. The number of amides is 1. The highest BCUT2D eigenvalue weighted by atomic mass is 35.5. The van der Waals surface area contributed by atoms with E-state index in [0.29, 0.717) is 4.88 Å². The number of para-hydroxylation sites is 1. The Morgan fingerprint density at radius 2 is 2.00 bits per heavy atom. The third kappa shape index (κ3) is 2.65. The molecule has 0 aliphatic carbocycles. The van der Waals surface area contributed by atoms with E-state index in [1.165, 1.54) is 29.5 Å². The van der Waals surface area contributed by atoms with Crippen molar-refractivity contribution in [1.82, 2.24) is 0 Å². The van der Waals surface area contributed by atoms with Gasteiger partial charge in [-0.2, -0.15) is 0 Å². The standard InChI is InChI=1S/C14H8ClNO3S2/c15-8-3-1-2-7(14(18)19)12(8)16-13(17)11-6-10-9(21-11)4-5-20-10/h1-6H,(H,16,17)(H,18,19). The highest BCUT2D eigenvalue weighted by molar-refractivity contribution is 7.27. The van der Waals surface area contributed by atoms with Crippen LogP contribution in [0.2, 0.25) is 5.02 Å². The van der Waals surface area contributed by atoms with E-state index in [4.69, 9.17) is 16.7 Å². The average molecular weight is 338 g/mol. The van der Waals surface area contributed by atoms with E-state index < -0.39 is 5.97 Å². The molecule has 0 radical (unpaired) electrons. The van der Waals surface area contributed by atoms with Crippen LogP contribution in [0.15, 0.2) is 35.7 Å². The molecular formula is C14H8ClNO3S2. The summed E-state index contributed by atoms with van der Waals surface area (Å²) in [4.78, 5) is 24.0. The minimum atomic E-state index is -1.14. The summed E-state index contributed by atoms with van der Waals surface area (Å²) in [6.07, 6.45) is 0. The molecule has 0 fully saturated rings.